The van der Waals surface area contributed by atoms with Crippen molar-refractivity contribution in [2.75, 3.05) is 16.7 Å². The lowest BCUT2D eigenvalue weighted by Gasteiger charge is -2.07. The van der Waals surface area contributed by atoms with Crippen molar-refractivity contribution in [1.82, 2.24) is 0 Å². The second-order valence-corrected chi connectivity index (χ2v) is 7.89. The molecule has 0 amide bonds. The van der Waals surface area contributed by atoms with Crippen LogP contribution in [0, 0.1) is 0 Å². The number of sulfone groups is 1. The van der Waals surface area contributed by atoms with Gasteiger partial charge in [0.05, 0.1) is 9.88 Å². The highest BCUT2D eigenvalue weighted by molar-refractivity contribution is 7.95. The van der Waals surface area contributed by atoms with Gasteiger partial charge in [0.15, 0.2) is 9.84 Å². The Hall–Kier alpha value is -1.19. The van der Waals surface area contributed by atoms with Crippen LogP contribution >= 0.6 is 12.2 Å². The fourth-order valence-electron chi connectivity index (χ4n) is 1.17. The maximum absolute atomic E-state index is 11.5. The molecule has 0 fully saturated rings. The summed E-state index contributed by atoms with van der Waals surface area (Å²) in [6.45, 7) is 0. The number of benzene rings is 1. The molecule has 9 heteroatoms. The molecule has 0 heterocycles. The fraction of sp³-hybridized carbons (Fsp3) is 0.222. The second kappa shape index (κ2) is 5.21. The SMILES string of the molecule is CS(=O)(=O)c1ccc(NS(=O)(=O)CC(N)=S)cc1. The molecular weight excluding hydrogens is 296 g/mol. The quantitative estimate of drug-likeness (QED) is 0.748. The number of thiocarbonyl (C=S) groups is 1. The number of hydrogen-bond acceptors (Lipinski definition) is 5. The Morgan fingerprint density at radius 3 is 2.11 bits per heavy atom. The normalized spacial score (nSPS) is 12.1. The topological polar surface area (TPSA) is 106 Å². The molecule has 1 rings (SSSR count). The van der Waals surface area contributed by atoms with Crippen molar-refractivity contribution in [3.8, 4) is 0 Å². The molecule has 0 saturated heterocycles. The van der Waals surface area contributed by atoms with Crippen LogP contribution in [-0.4, -0.2) is 33.8 Å². The van der Waals surface area contributed by atoms with E-state index >= 15 is 0 Å². The Morgan fingerprint density at radius 1 is 1.22 bits per heavy atom. The molecule has 0 atom stereocenters. The molecule has 0 saturated carbocycles. The Labute approximate surface area is 111 Å². The Balaban J connectivity index is 2.92. The molecule has 6 nitrogen and oxygen atoms in total. The van der Waals surface area contributed by atoms with E-state index < -0.39 is 25.6 Å². The molecule has 100 valence electrons. The summed E-state index contributed by atoms with van der Waals surface area (Å²) in [5, 5.41) is 0. The highest BCUT2D eigenvalue weighted by Gasteiger charge is 2.12. The first-order valence-corrected chi connectivity index (χ1v) is 8.64. The lowest BCUT2D eigenvalue weighted by atomic mass is 10.3. The molecule has 1 aromatic carbocycles. The monoisotopic (exact) mass is 308 g/mol. The van der Waals surface area contributed by atoms with Crippen LogP contribution in [0.4, 0.5) is 5.69 Å². The van der Waals surface area contributed by atoms with Crippen molar-refractivity contribution < 1.29 is 16.8 Å². The van der Waals surface area contributed by atoms with E-state index in [1.54, 1.807) is 0 Å². The molecule has 1 aromatic rings. The van der Waals surface area contributed by atoms with Crippen LogP contribution in [0.5, 0.6) is 0 Å². The zero-order valence-electron chi connectivity index (χ0n) is 9.45. The van der Waals surface area contributed by atoms with Crippen molar-refractivity contribution in [3.05, 3.63) is 24.3 Å². The number of nitrogens with one attached hydrogen (secondary N) is 1. The minimum atomic E-state index is -3.65. The number of anilines is 1. The van der Waals surface area contributed by atoms with Crippen molar-refractivity contribution in [3.63, 3.8) is 0 Å². The Kier molecular flexibility index (Phi) is 4.30. The summed E-state index contributed by atoms with van der Waals surface area (Å²) < 4.78 is 47.6. The number of rotatable bonds is 5. The number of sulfonamides is 1. The van der Waals surface area contributed by atoms with Crippen molar-refractivity contribution in [2.24, 2.45) is 5.73 Å². The van der Waals surface area contributed by atoms with Gasteiger partial charge in [-0.1, -0.05) is 12.2 Å². The molecule has 18 heavy (non-hydrogen) atoms. The number of nitrogens with two attached hydrogens (primary N) is 1. The third kappa shape index (κ3) is 4.59. The fourth-order valence-corrected chi connectivity index (χ4v) is 3.21. The van der Waals surface area contributed by atoms with E-state index in [0.717, 1.165) is 6.26 Å². The third-order valence-electron chi connectivity index (χ3n) is 1.89. The maximum atomic E-state index is 11.5. The van der Waals surface area contributed by atoms with E-state index in [2.05, 4.69) is 16.9 Å². The van der Waals surface area contributed by atoms with Gasteiger partial charge in [-0.25, -0.2) is 16.8 Å². The highest BCUT2D eigenvalue weighted by atomic mass is 32.2. The van der Waals surface area contributed by atoms with Crippen LogP contribution in [-0.2, 0) is 19.9 Å². The van der Waals surface area contributed by atoms with Gasteiger partial charge in [-0.15, -0.1) is 0 Å². The van der Waals surface area contributed by atoms with Crippen LogP contribution in [0.2, 0.25) is 0 Å². The molecule has 0 aromatic heterocycles. The first-order valence-electron chi connectivity index (χ1n) is 4.69. The van der Waals surface area contributed by atoms with Gasteiger partial charge in [0.2, 0.25) is 10.0 Å². The summed E-state index contributed by atoms with van der Waals surface area (Å²) in [4.78, 5) is -0.0324. The molecule has 0 aliphatic carbocycles. The molecule has 0 bridgehead atoms. The van der Waals surface area contributed by atoms with Gasteiger partial charge in [0, 0.05) is 11.9 Å². The van der Waals surface area contributed by atoms with Gasteiger partial charge < -0.3 is 5.73 Å². The van der Waals surface area contributed by atoms with Crippen LogP contribution in [0.3, 0.4) is 0 Å². The van der Waals surface area contributed by atoms with Crippen LogP contribution in [0.1, 0.15) is 0 Å². The van der Waals surface area contributed by atoms with Gasteiger partial charge in [0.25, 0.3) is 0 Å². The van der Waals surface area contributed by atoms with Crippen molar-refractivity contribution in [2.45, 2.75) is 4.90 Å². The predicted molar refractivity (Wildman–Crippen MR) is 73.7 cm³/mol. The largest absolute Gasteiger partial charge is 0.392 e. The first-order chi connectivity index (χ1) is 8.10. The summed E-state index contributed by atoms with van der Waals surface area (Å²) in [5.41, 5.74) is 5.40. The zero-order valence-corrected chi connectivity index (χ0v) is 11.9. The molecule has 0 aliphatic rings. The average Bonchev–Trinajstić information content (AvgIpc) is 2.13. The van der Waals surface area contributed by atoms with E-state index in [-0.39, 0.29) is 15.6 Å². The van der Waals surface area contributed by atoms with Gasteiger partial charge in [0.1, 0.15) is 5.75 Å². The molecule has 0 spiro atoms. The standard InChI is InChI=1S/C9H12N2O4S3/c1-17(12,13)8-4-2-7(3-5-8)11-18(14,15)6-9(10)16/h2-5,11H,6H2,1H3,(H2,10,16). The molecule has 0 aliphatic heterocycles. The smallest absolute Gasteiger partial charge is 0.239 e. The molecule has 3 N–H and O–H groups in total. The lowest BCUT2D eigenvalue weighted by molar-refractivity contribution is 0.601. The summed E-state index contributed by atoms with van der Waals surface area (Å²) in [7, 11) is -6.95. The zero-order chi connectivity index (χ0) is 14.0. The van der Waals surface area contributed by atoms with E-state index in [1.165, 1.54) is 24.3 Å². The molecule has 0 unspecified atom stereocenters. The first kappa shape index (κ1) is 14.9. The van der Waals surface area contributed by atoms with Gasteiger partial charge >= 0.3 is 0 Å². The van der Waals surface area contributed by atoms with E-state index in [1.807, 2.05) is 0 Å². The summed E-state index contributed by atoms with van der Waals surface area (Å²) in [5.74, 6) is -0.462. The summed E-state index contributed by atoms with van der Waals surface area (Å²) in [6.07, 6.45) is 1.07. The van der Waals surface area contributed by atoms with Gasteiger partial charge in [-0.3, -0.25) is 4.72 Å². The molecule has 0 radical (unpaired) electrons. The average molecular weight is 308 g/mol. The Morgan fingerprint density at radius 2 is 1.72 bits per heavy atom. The molecular formula is C9H12N2O4S3. The summed E-state index contributed by atoms with van der Waals surface area (Å²) >= 11 is 4.51. The second-order valence-electron chi connectivity index (χ2n) is 3.62. The minimum Gasteiger partial charge on any atom is -0.392 e. The highest BCUT2D eigenvalue weighted by Crippen LogP contribution is 2.15. The van der Waals surface area contributed by atoms with Crippen molar-refractivity contribution >= 4 is 42.8 Å². The predicted octanol–water partition coefficient (Wildman–Crippen LogP) is 0.118. The number of hydrogen-bond donors (Lipinski definition) is 2. The van der Waals surface area contributed by atoms with E-state index in [4.69, 9.17) is 5.73 Å². The van der Waals surface area contributed by atoms with Crippen molar-refractivity contribution in [1.29, 1.82) is 0 Å². The van der Waals surface area contributed by atoms with E-state index in [9.17, 15) is 16.8 Å². The van der Waals surface area contributed by atoms with Crippen LogP contribution in [0.15, 0.2) is 29.2 Å². The van der Waals surface area contributed by atoms with Gasteiger partial charge in [-0.2, -0.15) is 0 Å². The third-order valence-corrected chi connectivity index (χ3v) is 4.58. The van der Waals surface area contributed by atoms with Gasteiger partial charge in [-0.05, 0) is 24.3 Å². The lowest BCUT2D eigenvalue weighted by Crippen LogP contribution is -2.26. The van der Waals surface area contributed by atoms with Crippen LogP contribution in [0.25, 0.3) is 0 Å². The van der Waals surface area contributed by atoms with E-state index in [0.29, 0.717) is 0 Å². The maximum Gasteiger partial charge on any atom is 0.239 e. The van der Waals surface area contributed by atoms with Crippen LogP contribution < -0.4 is 10.5 Å². The summed E-state index contributed by atoms with van der Waals surface area (Å²) in [6, 6.07) is 5.34. The minimum absolute atomic E-state index is 0.111. The Bertz CT molecular complexity index is 648.